The molecule has 2 N–H and O–H groups in total. The third kappa shape index (κ3) is 3.78. The number of hydrogen-bond acceptors (Lipinski definition) is 5. The molecule has 1 aliphatic heterocycles. The topological polar surface area (TPSA) is 67.8 Å². The summed E-state index contributed by atoms with van der Waals surface area (Å²) in [5.41, 5.74) is 4.05. The van der Waals surface area contributed by atoms with Gasteiger partial charge in [0.25, 0.3) is 0 Å². The number of quaternary nitrogens is 1. The molecule has 1 saturated carbocycles. The van der Waals surface area contributed by atoms with E-state index in [0.717, 1.165) is 27.9 Å². The number of thiazole rings is 1. The maximum atomic E-state index is 13.7. The first-order valence-electron chi connectivity index (χ1n) is 12.7. The second kappa shape index (κ2) is 7.90. The van der Waals surface area contributed by atoms with E-state index in [2.05, 4.69) is 25.8 Å². The van der Waals surface area contributed by atoms with E-state index in [1.165, 1.54) is 35.5 Å². The first-order valence-corrected chi connectivity index (χ1v) is 13.5. The molecule has 6 heteroatoms. The monoisotopic (exact) mass is 489 g/mol. The zero-order valence-corrected chi connectivity index (χ0v) is 21.7. The maximum absolute atomic E-state index is 13.7. The SMILES string of the molecule is CCc1cc2c(=O)c(-c3nc4ccccc4s3)coc2c(C[NH+]2C[C@]3(C)C[C@H]2CC(C)(C)C3)c1O. The predicted octanol–water partition coefficient (Wildman–Crippen LogP) is 5.32. The van der Waals surface area contributed by atoms with Gasteiger partial charge in [0.05, 0.1) is 39.3 Å². The quantitative estimate of drug-likeness (QED) is 0.407. The molecule has 2 bridgehead atoms. The lowest BCUT2D eigenvalue weighted by atomic mass is 9.65. The predicted molar refractivity (Wildman–Crippen MR) is 141 cm³/mol. The molecule has 2 aromatic carbocycles. The second-order valence-electron chi connectivity index (χ2n) is 11.8. The van der Waals surface area contributed by atoms with Crippen LogP contribution < -0.4 is 10.3 Å². The van der Waals surface area contributed by atoms with Gasteiger partial charge in [0.1, 0.15) is 29.1 Å². The van der Waals surface area contributed by atoms with Crippen molar-refractivity contribution < 1.29 is 14.4 Å². The Balaban J connectivity index is 1.46. The lowest BCUT2D eigenvalue weighted by Crippen LogP contribution is -3.12. The van der Waals surface area contributed by atoms with Crippen molar-refractivity contribution in [3.05, 3.63) is 57.9 Å². The minimum Gasteiger partial charge on any atom is -0.507 e. The van der Waals surface area contributed by atoms with Crippen LogP contribution in [-0.4, -0.2) is 22.7 Å². The molecule has 2 fully saturated rings. The normalized spacial score (nSPS) is 25.5. The second-order valence-corrected chi connectivity index (χ2v) is 12.9. The van der Waals surface area contributed by atoms with Gasteiger partial charge in [-0.2, -0.15) is 0 Å². The molecule has 4 aromatic rings. The maximum Gasteiger partial charge on any atom is 0.202 e. The summed E-state index contributed by atoms with van der Waals surface area (Å²) in [7, 11) is 0. The molecule has 182 valence electrons. The van der Waals surface area contributed by atoms with Crippen LogP contribution in [0, 0.1) is 10.8 Å². The van der Waals surface area contributed by atoms with Gasteiger partial charge >= 0.3 is 0 Å². The summed E-state index contributed by atoms with van der Waals surface area (Å²) in [6.07, 6.45) is 5.85. The molecule has 35 heavy (non-hydrogen) atoms. The Kier molecular flexibility index (Phi) is 5.14. The number of phenols is 1. The summed E-state index contributed by atoms with van der Waals surface area (Å²) in [5.74, 6) is 0.286. The molecule has 1 aliphatic carbocycles. The molecule has 0 spiro atoms. The molecule has 3 atom stereocenters. The van der Waals surface area contributed by atoms with Crippen LogP contribution in [0.3, 0.4) is 0 Å². The Morgan fingerprint density at radius 3 is 2.80 bits per heavy atom. The first-order chi connectivity index (χ1) is 16.7. The van der Waals surface area contributed by atoms with Crippen LogP contribution in [-0.2, 0) is 13.0 Å². The van der Waals surface area contributed by atoms with E-state index < -0.39 is 0 Å². The smallest absolute Gasteiger partial charge is 0.202 e. The Bertz CT molecular complexity index is 1480. The van der Waals surface area contributed by atoms with Crippen LogP contribution in [0.15, 0.2) is 45.8 Å². The lowest BCUT2D eigenvalue weighted by molar-refractivity contribution is -0.928. The van der Waals surface area contributed by atoms with Gasteiger partial charge < -0.3 is 14.4 Å². The van der Waals surface area contributed by atoms with Gasteiger partial charge in [-0.25, -0.2) is 4.98 Å². The van der Waals surface area contributed by atoms with Crippen molar-refractivity contribution in [3.8, 4) is 16.3 Å². The number of benzene rings is 2. The number of aryl methyl sites for hydroxylation is 1. The highest BCUT2D eigenvalue weighted by atomic mass is 32.1. The zero-order chi connectivity index (χ0) is 24.5. The van der Waals surface area contributed by atoms with Gasteiger partial charge in [-0.1, -0.05) is 39.8 Å². The van der Waals surface area contributed by atoms with Crippen LogP contribution in [0.5, 0.6) is 5.75 Å². The molecule has 2 aromatic heterocycles. The van der Waals surface area contributed by atoms with Gasteiger partial charge in [-0.3, -0.25) is 4.79 Å². The first kappa shape index (κ1) is 22.7. The Labute approximate surface area is 209 Å². The third-order valence-corrected chi connectivity index (χ3v) is 9.26. The van der Waals surface area contributed by atoms with Gasteiger partial charge in [0.2, 0.25) is 5.43 Å². The molecule has 2 aliphatic rings. The van der Waals surface area contributed by atoms with Crippen LogP contribution >= 0.6 is 11.3 Å². The van der Waals surface area contributed by atoms with E-state index in [1.807, 2.05) is 37.3 Å². The third-order valence-electron chi connectivity index (χ3n) is 8.19. The summed E-state index contributed by atoms with van der Waals surface area (Å²) in [5, 5.41) is 12.5. The highest BCUT2D eigenvalue weighted by Gasteiger charge is 2.52. The van der Waals surface area contributed by atoms with E-state index in [9.17, 15) is 9.90 Å². The van der Waals surface area contributed by atoms with Crippen LogP contribution in [0.1, 0.15) is 58.1 Å². The molecular weight excluding hydrogens is 456 g/mol. The van der Waals surface area contributed by atoms with Gasteiger partial charge in [0.15, 0.2) is 0 Å². The van der Waals surface area contributed by atoms with Crippen LogP contribution in [0.2, 0.25) is 0 Å². The molecule has 1 saturated heterocycles. The lowest BCUT2D eigenvalue weighted by Gasteiger charge is -2.37. The molecule has 3 heterocycles. The Morgan fingerprint density at radius 2 is 2.03 bits per heavy atom. The molecular formula is C29H33N2O3S+. The number of nitrogens with one attached hydrogen (secondary N) is 1. The zero-order valence-electron chi connectivity index (χ0n) is 20.9. The molecule has 0 amide bonds. The Morgan fingerprint density at radius 1 is 1.23 bits per heavy atom. The van der Waals surface area contributed by atoms with E-state index in [4.69, 9.17) is 4.42 Å². The van der Waals surface area contributed by atoms with Crippen molar-refractivity contribution in [1.82, 2.24) is 4.98 Å². The Hall–Kier alpha value is -2.70. The summed E-state index contributed by atoms with van der Waals surface area (Å²) >= 11 is 1.50. The van der Waals surface area contributed by atoms with Gasteiger partial charge in [-0.05, 0) is 42.0 Å². The standard InChI is InChI=1S/C29H32N2O3S/c1-5-17-10-19-25(33)21(27-30-22-8-6-7-9-23(22)35-27)14-34-26(19)20(24(17)32)13-31-16-29(4)12-18(31)11-28(2,3)15-29/h6-10,14,18,32H,5,11-13,15-16H2,1-4H3/p+1/t18-,29-/m1/s1. The van der Waals surface area contributed by atoms with Crippen molar-refractivity contribution in [2.75, 3.05) is 6.54 Å². The van der Waals surface area contributed by atoms with E-state index in [-0.39, 0.29) is 11.2 Å². The minimum atomic E-state index is -0.0792. The van der Waals surface area contributed by atoms with E-state index >= 15 is 0 Å². The molecule has 6 rings (SSSR count). The van der Waals surface area contributed by atoms with Crippen molar-refractivity contribution in [1.29, 1.82) is 0 Å². The molecule has 0 radical (unpaired) electrons. The number of fused-ring (bicyclic) bond motifs is 4. The van der Waals surface area contributed by atoms with Crippen molar-refractivity contribution in [3.63, 3.8) is 0 Å². The largest absolute Gasteiger partial charge is 0.507 e. The van der Waals surface area contributed by atoms with Crippen molar-refractivity contribution in [2.24, 2.45) is 10.8 Å². The average molecular weight is 490 g/mol. The summed E-state index contributed by atoms with van der Waals surface area (Å²) < 4.78 is 7.21. The number of rotatable bonds is 4. The van der Waals surface area contributed by atoms with Crippen molar-refractivity contribution in [2.45, 2.75) is 66.0 Å². The molecule has 1 unspecified atom stereocenters. The van der Waals surface area contributed by atoms with Crippen LogP contribution in [0.25, 0.3) is 31.8 Å². The van der Waals surface area contributed by atoms with Crippen LogP contribution in [0.4, 0.5) is 0 Å². The minimum absolute atomic E-state index is 0.0792. The number of aromatic hydroxyl groups is 1. The summed E-state index contributed by atoms with van der Waals surface area (Å²) in [6, 6.07) is 10.3. The summed E-state index contributed by atoms with van der Waals surface area (Å²) in [6.45, 7) is 11.0. The average Bonchev–Trinajstić information content (AvgIpc) is 3.32. The fourth-order valence-electron chi connectivity index (χ4n) is 7.14. The number of nitrogens with zero attached hydrogens (tertiary/aromatic N) is 1. The number of hydrogen-bond donors (Lipinski definition) is 2. The van der Waals surface area contributed by atoms with Crippen molar-refractivity contribution >= 4 is 32.5 Å². The van der Waals surface area contributed by atoms with Gasteiger partial charge in [-0.15, -0.1) is 11.3 Å². The van der Waals surface area contributed by atoms with Gasteiger partial charge in [0, 0.05) is 18.3 Å². The highest BCUT2D eigenvalue weighted by molar-refractivity contribution is 7.21. The molecule has 5 nitrogen and oxygen atoms in total. The number of phenolic OH excluding ortho intramolecular Hbond substituents is 1. The number of likely N-dealkylation sites (tertiary alicyclic amines) is 1. The summed E-state index contributed by atoms with van der Waals surface area (Å²) in [4.78, 5) is 19.9. The fraction of sp³-hybridized carbons (Fsp3) is 0.448. The number of para-hydroxylation sites is 1. The number of aromatic nitrogens is 1. The van der Waals surface area contributed by atoms with E-state index in [0.29, 0.717) is 51.4 Å². The van der Waals surface area contributed by atoms with E-state index in [1.54, 1.807) is 6.26 Å². The fourth-order valence-corrected chi connectivity index (χ4v) is 8.11. The highest BCUT2D eigenvalue weighted by Crippen LogP contribution is 2.47.